The Morgan fingerprint density at radius 2 is 2.33 bits per heavy atom. The second kappa shape index (κ2) is 4.88. The summed E-state index contributed by atoms with van der Waals surface area (Å²) in [4.78, 5) is 13.2. The average molecular weight is 249 g/mol. The van der Waals surface area contributed by atoms with Crippen molar-refractivity contribution in [2.75, 3.05) is 25.6 Å². The van der Waals surface area contributed by atoms with E-state index in [1.807, 2.05) is 19.2 Å². The van der Waals surface area contributed by atoms with Crippen molar-refractivity contribution in [2.24, 2.45) is 5.92 Å². The summed E-state index contributed by atoms with van der Waals surface area (Å²) in [6.07, 6.45) is 0.646. The third kappa shape index (κ3) is 2.15. The molecular weight excluding hydrogens is 230 g/mol. The van der Waals surface area contributed by atoms with Crippen molar-refractivity contribution in [1.82, 2.24) is 0 Å². The van der Waals surface area contributed by atoms with Crippen molar-refractivity contribution >= 4 is 11.7 Å². The van der Waals surface area contributed by atoms with Crippen LogP contribution in [0.2, 0.25) is 0 Å². The summed E-state index contributed by atoms with van der Waals surface area (Å²) in [5.41, 5.74) is 2.30. The van der Waals surface area contributed by atoms with Crippen molar-refractivity contribution in [3.05, 3.63) is 23.8 Å². The number of aliphatic carboxylic acids is 1. The lowest BCUT2D eigenvalue weighted by atomic mass is 9.90. The molecule has 0 radical (unpaired) electrons. The highest BCUT2D eigenvalue weighted by molar-refractivity contribution is 5.70. The van der Waals surface area contributed by atoms with Crippen LogP contribution in [-0.2, 0) is 4.79 Å². The Bertz CT molecular complexity index is 458. The molecule has 98 valence electrons. The molecule has 0 saturated heterocycles. The number of carboxylic acid groups (broad SMARTS) is 1. The van der Waals surface area contributed by atoms with Gasteiger partial charge in [0, 0.05) is 30.8 Å². The van der Waals surface area contributed by atoms with Crippen LogP contribution in [0.15, 0.2) is 18.2 Å². The fourth-order valence-electron chi connectivity index (χ4n) is 2.69. The minimum Gasteiger partial charge on any atom is -0.496 e. The topological polar surface area (TPSA) is 49.8 Å². The van der Waals surface area contributed by atoms with E-state index in [0.29, 0.717) is 6.42 Å². The summed E-state index contributed by atoms with van der Waals surface area (Å²) in [5.74, 6) is 0.0203. The fourth-order valence-corrected chi connectivity index (χ4v) is 2.69. The predicted octanol–water partition coefficient (Wildman–Crippen LogP) is 2.34. The van der Waals surface area contributed by atoms with Crippen LogP contribution in [0.1, 0.15) is 24.8 Å². The number of fused-ring (bicyclic) bond motifs is 1. The molecule has 18 heavy (non-hydrogen) atoms. The maximum Gasteiger partial charge on any atom is 0.306 e. The molecule has 0 aromatic heterocycles. The molecule has 4 heteroatoms. The van der Waals surface area contributed by atoms with E-state index < -0.39 is 5.97 Å². The Labute approximate surface area is 107 Å². The number of nitrogens with zero attached hydrogens (tertiary/aromatic N) is 1. The molecule has 2 atom stereocenters. The van der Waals surface area contributed by atoms with Gasteiger partial charge in [-0.3, -0.25) is 4.79 Å². The predicted molar refractivity (Wildman–Crippen MR) is 70.4 cm³/mol. The number of benzene rings is 1. The largest absolute Gasteiger partial charge is 0.496 e. The number of methoxy groups -OCH3 is 1. The first-order valence-electron chi connectivity index (χ1n) is 6.15. The van der Waals surface area contributed by atoms with Gasteiger partial charge in [-0.25, -0.2) is 0 Å². The van der Waals surface area contributed by atoms with Crippen molar-refractivity contribution < 1.29 is 14.6 Å². The van der Waals surface area contributed by atoms with Crippen LogP contribution < -0.4 is 9.64 Å². The van der Waals surface area contributed by atoms with Crippen LogP contribution in [0.25, 0.3) is 0 Å². The Morgan fingerprint density at radius 1 is 1.61 bits per heavy atom. The van der Waals surface area contributed by atoms with Crippen LogP contribution in [0, 0.1) is 5.92 Å². The molecule has 1 aliphatic heterocycles. The maximum atomic E-state index is 11.0. The Morgan fingerprint density at radius 3 is 2.94 bits per heavy atom. The quantitative estimate of drug-likeness (QED) is 0.889. The van der Waals surface area contributed by atoms with Gasteiger partial charge in [-0.15, -0.1) is 0 Å². The smallest absolute Gasteiger partial charge is 0.306 e. The van der Waals surface area contributed by atoms with Crippen LogP contribution in [-0.4, -0.2) is 31.8 Å². The Kier molecular flexibility index (Phi) is 3.45. The van der Waals surface area contributed by atoms with Crippen LogP contribution in [0.4, 0.5) is 5.69 Å². The normalized spacial score (nSPS) is 19.5. The number of carboxylic acids is 1. The van der Waals surface area contributed by atoms with Crippen LogP contribution in [0.3, 0.4) is 0 Å². The molecule has 2 rings (SSSR count). The highest BCUT2D eigenvalue weighted by atomic mass is 16.5. The van der Waals surface area contributed by atoms with Gasteiger partial charge < -0.3 is 14.7 Å². The highest BCUT2D eigenvalue weighted by Gasteiger charge is 2.31. The number of carbonyl (C=O) groups is 1. The lowest BCUT2D eigenvalue weighted by Gasteiger charge is -2.15. The van der Waals surface area contributed by atoms with Gasteiger partial charge in [0.2, 0.25) is 0 Å². The van der Waals surface area contributed by atoms with Gasteiger partial charge in [-0.2, -0.15) is 0 Å². The van der Waals surface area contributed by atoms with E-state index in [2.05, 4.69) is 11.0 Å². The first-order chi connectivity index (χ1) is 8.54. The number of anilines is 1. The van der Waals surface area contributed by atoms with Gasteiger partial charge in [0.25, 0.3) is 0 Å². The van der Waals surface area contributed by atoms with E-state index in [1.54, 1.807) is 14.0 Å². The summed E-state index contributed by atoms with van der Waals surface area (Å²) in [5, 5.41) is 9.04. The molecule has 0 saturated carbocycles. The molecule has 1 heterocycles. The van der Waals surface area contributed by atoms with Gasteiger partial charge in [0.1, 0.15) is 5.75 Å². The lowest BCUT2D eigenvalue weighted by molar-refractivity contribution is -0.141. The standard InChI is InChI=1S/C14H19NO3/c1-9(14(16)17)7-10-8-15(2)11-5-4-6-12(18-3)13(10)11/h4-6,9-10H,7-8H2,1-3H3,(H,16,17). The van der Waals surface area contributed by atoms with Gasteiger partial charge >= 0.3 is 5.97 Å². The van der Waals surface area contributed by atoms with E-state index in [1.165, 1.54) is 0 Å². The van der Waals surface area contributed by atoms with E-state index in [4.69, 9.17) is 9.84 Å². The fraction of sp³-hybridized carbons (Fsp3) is 0.500. The summed E-state index contributed by atoms with van der Waals surface area (Å²) in [7, 11) is 3.69. The second-order valence-corrected chi connectivity index (χ2v) is 4.95. The molecule has 0 amide bonds. The molecule has 1 N–H and O–H groups in total. The zero-order valence-electron chi connectivity index (χ0n) is 11.0. The molecule has 1 aromatic rings. The van der Waals surface area contributed by atoms with Crippen molar-refractivity contribution in [3.8, 4) is 5.75 Å². The highest BCUT2D eigenvalue weighted by Crippen LogP contribution is 2.43. The summed E-state index contributed by atoms with van der Waals surface area (Å²) in [6, 6.07) is 5.97. The van der Waals surface area contributed by atoms with E-state index >= 15 is 0 Å². The third-order valence-corrected chi connectivity index (χ3v) is 3.64. The molecule has 0 aliphatic carbocycles. The Hall–Kier alpha value is -1.71. The number of hydrogen-bond donors (Lipinski definition) is 1. The van der Waals surface area contributed by atoms with Crippen LogP contribution in [0.5, 0.6) is 5.75 Å². The molecular formula is C14H19NO3. The monoisotopic (exact) mass is 249 g/mol. The summed E-state index contributed by atoms with van der Waals surface area (Å²) >= 11 is 0. The molecule has 1 aromatic carbocycles. The second-order valence-electron chi connectivity index (χ2n) is 4.95. The minimum atomic E-state index is -0.735. The zero-order chi connectivity index (χ0) is 13.3. The molecule has 0 bridgehead atoms. The average Bonchev–Trinajstić information content (AvgIpc) is 2.66. The molecule has 0 spiro atoms. The van der Waals surface area contributed by atoms with Gasteiger partial charge in [0.05, 0.1) is 13.0 Å². The summed E-state index contributed by atoms with van der Waals surface area (Å²) in [6.45, 7) is 2.61. The van der Waals surface area contributed by atoms with Gasteiger partial charge in [-0.05, 0) is 18.6 Å². The van der Waals surface area contributed by atoms with Crippen molar-refractivity contribution in [3.63, 3.8) is 0 Å². The number of rotatable bonds is 4. The van der Waals surface area contributed by atoms with Crippen LogP contribution >= 0.6 is 0 Å². The number of ether oxygens (including phenoxy) is 1. The number of likely N-dealkylation sites (N-methyl/N-ethyl adjacent to an activating group) is 1. The third-order valence-electron chi connectivity index (χ3n) is 3.64. The van der Waals surface area contributed by atoms with E-state index in [9.17, 15) is 4.79 Å². The van der Waals surface area contributed by atoms with Crippen molar-refractivity contribution in [2.45, 2.75) is 19.3 Å². The zero-order valence-corrected chi connectivity index (χ0v) is 11.0. The molecule has 1 aliphatic rings. The first kappa shape index (κ1) is 12.7. The van der Waals surface area contributed by atoms with Gasteiger partial charge in [0.15, 0.2) is 0 Å². The maximum absolute atomic E-state index is 11.0. The molecule has 2 unspecified atom stereocenters. The SMILES string of the molecule is COc1cccc2c1C(CC(C)C(=O)O)CN2C. The van der Waals surface area contributed by atoms with E-state index in [0.717, 1.165) is 23.5 Å². The Balaban J connectivity index is 2.31. The van der Waals surface area contributed by atoms with Gasteiger partial charge in [-0.1, -0.05) is 13.0 Å². The van der Waals surface area contributed by atoms with E-state index in [-0.39, 0.29) is 11.8 Å². The molecule has 4 nitrogen and oxygen atoms in total. The first-order valence-corrected chi connectivity index (χ1v) is 6.15. The minimum absolute atomic E-state index is 0.229. The van der Waals surface area contributed by atoms with Crippen molar-refractivity contribution in [1.29, 1.82) is 0 Å². The molecule has 0 fully saturated rings. The number of hydrogen-bond acceptors (Lipinski definition) is 3. The summed E-state index contributed by atoms with van der Waals surface area (Å²) < 4.78 is 5.40. The lowest BCUT2D eigenvalue weighted by Crippen LogP contribution is -2.19.